The number of benzene rings is 1. The van der Waals surface area contributed by atoms with E-state index in [9.17, 15) is 4.79 Å². The minimum atomic E-state index is 0.0643. The second-order valence-corrected chi connectivity index (χ2v) is 5.76. The molecule has 1 N–H and O–H groups in total. The summed E-state index contributed by atoms with van der Waals surface area (Å²) in [6.07, 6.45) is 2.94. The summed E-state index contributed by atoms with van der Waals surface area (Å²) in [5.41, 5.74) is 2.88. The van der Waals surface area contributed by atoms with E-state index in [1.165, 1.54) is 5.56 Å². The molecule has 5 heteroatoms. The van der Waals surface area contributed by atoms with Crippen molar-refractivity contribution >= 4 is 23.1 Å². The van der Waals surface area contributed by atoms with Crippen LogP contribution in [-0.4, -0.2) is 22.1 Å². The summed E-state index contributed by atoms with van der Waals surface area (Å²) < 4.78 is 1.72. The lowest BCUT2D eigenvalue weighted by molar-refractivity contribution is 0.0965. The highest BCUT2D eigenvalue weighted by Crippen LogP contribution is 2.34. The number of rotatable bonds is 5. The van der Waals surface area contributed by atoms with Crippen molar-refractivity contribution in [1.29, 1.82) is 0 Å². The zero-order chi connectivity index (χ0) is 14.8. The first-order valence-corrected chi connectivity index (χ1v) is 7.65. The molecule has 4 nitrogen and oxygen atoms in total. The van der Waals surface area contributed by atoms with Gasteiger partial charge in [0.05, 0.1) is 11.2 Å². The monoisotopic (exact) mass is 303 g/mol. The van der Waals surface area contributed by atoms with Crippen LogP contribution in [0.4, 0.5) is 5.69 Å². The van der Waals surface area contributed by atoms with Crippen LogP contribution in [0.15, 0.2) is 30.5 Å². The number of fused-ring (bicyclic) bond motifs is 1. The zero-order valence-corrected chi connectivity index (χ0v) is 12.7. The van der Waals surface area contributed by atoms with Crippen LogP contribution in [0.1, 0.15) is 41.7 Å². The van der Waals surface area contributed by atoms with Crippen molar-refractivity contribution in [3.8, 4) is 0 Å². The molecule has 0 fully saturated rings. The van der Waals surface area contributed by atoms with Crippen molar-refractivity contribution < 1.29 is 4.79 Å². The van der Waals surface area contributed by atoms with Crippen molar-refractivity contribution in [3.63, 3.8) is 0 Å². The largest absolute Gasteiger partial charge is 0.384 e. The molecule has 1 aromatic carbocycles. The normalized spacial score (nSPS) is 16.6. The number of halogens is 1. The first-order valence-electron chi connectivity index (χ1n) is 7.28. The Hall–Kier alpha value is -1.81. The van der Waals surface area contributed by atoms with Gasteiger partial charge in [-0.1, -0.05) is 36.7 Å². The van der Waals surface area contributed by atoms with E-state index in [1.807, 2.05) is 18.2 Å². The van der Waals surface area contributed by atoms with E-state index in [0.29, 0.717) is 23.7 Å². The van der Waals surface area contributed by atoms with Crippen molar-refractivity contribution in [3.05, 3.63) is 46.7 Å². The van der Waals surface area contributed by atoms with Gasteiger partial charge in [0.15, 0.2) is 5.78 Å². The fourth-order valence-electron chi connectivity index (χ4n) is 2.88. The standard InChI is InChI=1S/C16H18ClN3O/c1-2-7-20-16(13(17)10-19-20)15(21)8-11-9-18-14-6-4-3-5-12(11)14/h3-6,10-11,18H,2,7-9H2,1H3. The van der Waals surface area contributed by atoms with Crippen LogP contribution in [0.2, 0.25) is 5.02 Å². The Morgan fingerprint density at radius 1 is 1.48 bits per heavy atom. The van der Waals surface area contributed by atoms with Crippen LogP contribution < -0.4 is 5.32 Å². The number of aryl methyl sites for hydroxylation is 1. The van der Waals surface area contributed by atoms with E-state index in [0.717, 1.165) is 18.7 Å². The highest BCUT2D eigenvalue weighted by atomic mass is 35.5. The van der Waals surface area contributed by atoms with Crippen LogP contribution in [-0.2, 0) is 6.54 Å². The third-order valence-electron chi connectivity index (χ3n) is 3.87. The maximum atomic E-state index is 12.6. The number of hydrogen-bond acceptors (Lipinski definition) is 3. The molecule has 1 atom stereocenters. The summed E-state index contributed by atoms with van der Waals surface area (Å²) in [4.78, 5) is 12.6. The third kappa shape index (κ3) is 2.68. The molecular formula is C16H18ClN3O. The predicted octanol–water partition coefficient (Wildman–Crippen LogP) is 3.73. The molecule has 0 bridgehead atoms. The number of Topliss-reactive ketones (excluding diaryl/α,β-unsaturated/α-hetero) is 1. The van der Waals surface area contributed by atoms with Crippen LogP contribution in [0, 0.1) is 0 Å². The highest BCUT2D eigenvalue weighted by molar-refractivity contribution is 6.33. The number of hydrogen-bond donors (Lipinski definition) is 1. The average Bonchev–Trinajstić information content (AvgIpc) is 3.04. The van der Waals surface area contributed by atoms with Crippen molar-refractivity contribution in [1.82, 2.24) is 9.78 Å². The number of nitrogens with zero attached hydrogens (tertiary/aromatic N) is 2. The van der Waals surface area contributed by atoms with Gasteiger partial charge in [-0.2, -0.15) is 5.10 Å². The molecule has 1 aliphatic heterocycles. The molecule has 2 heterocycles. The Balaban J connectivity index is 1.80. The van der Waals surface area contributed by atoms with Gasteiger partial charge in [-0.3, -0.25) is 9.48 Å². The summed E-state index contributed by atoms with van der Waals surface area (Å²) in [7, 11) is 0. The number of para-hydroxylation sites is 1. The first-order chi connectivity index (χ1) is 10.2. The molecule has 3 rings (SSSR count). The van der Waals surface area contributed by atoms with Crippen molar-refractivity contribution in [2.24, 2.45) is 0 Å². The van der Waals surface area contributed by atoms with Crippen molar-refractivity contribution in [2.45, 2.75) is 32.2 Å². The summed E-state index contributed by atoms with van der Waals surface area (Å²) in [5, 5.41) is 7.99. The van der Waals surface area contributed by atoms with E-state index in [-0.39, 0.29) is 11.7 Å². The lowest BCUT2D eigenvalue weighted by Crippen LogP contribution is -2.15. The van der Waals surface area contributed by atoms with E-state index in [2.05, 4.69) is 23.4 Å². The lowest BCUT2D eigenvalue weighted by Gasteiger charge is -2.11. The fraction of sp³-hybridized carbons (Fsp3) is 0.375. The predicted molar refractivity (Wildman–Crippen MR) is 84.1 cm³/mol. The topological polar surface area (TPSA) is 46.9 Å². The van der Waals surface area contributed by atoms with E-state index < -0.39 is 0 Å². The third-order valence-corrected chi connectivity index (χ3v) is 4.14. The quantitative estimate of drug-likeness (QED) is 0.856. The SMILES string of the molecule is CCCn1ncc(Cl)c1C(=O)CC1CNc2ccccc21. The van der Waals surface area contributed by atoms with Crippen LogP contribution >= 0.6 is 11.6 Å². The Labute approximate surface area is 129 Å². The Bertz CT molecular complexity index is 665. The molecule has 1 aliphatic rings. The summed E-state index contributed by atoms with van der Waals surface area (Å²) in [5.74, 6) is 0.268. The van der Waals surface area contributed by atoms with Gasteiger partial charge in [0, 0.05) is 31.1 Å². The zero-order valence-electron chi connectivity index (χ0n) is 12.0. The minimum absolute atomic E-state index is 0.0643. The van der Waals surface area contributed by atoms with E-state index >= 15 is 0 Å². The maximum absolute atomic E-state index is 12.6. The Morgan fingerprint density at radius 3 is 3.10 bits per heavy atom. The Kier molecular flexibility index (Phi) is 3.97. The fourth-order valence-corrected chi connectivity index (χ4v) is 3.13. The van der Waals surface area contributed by atoms with Gasteiger partial charge in [0.1, 0.15) is 5.69 Å². The second-order valence-electron chi connectivity index (χ2n) is 5.36. The molecule has 1 aromatic heterocycles. The average molecular weight is 304 g/mol. The summed E-state index contributed by atoms with van der Waals surface area (Å²) >= 11 is 6.14. The highest BCUT2D eigenvalue weighted by Gasteiger charge is 2.27. The van der Waals surface area contributed by atoms with Gasteiger partial charge in [-0.05, 0) is 18.1 Å². The Morgan fingerprint density at radius 2 is 2.29 bits per heavy atom. The molecule has 2 aromatic rings. The molecule has 0 aliphatic carbocycles. The van der Waals surface area contributed by atoms with Gasteiger partial charge >= 0.3 is 0 Å². The smallest absolute Gasteiger partial charge is 0.183 e. The van der Waals surface area contributed by atoms with Gasteiger partial charge < -0.3 is 5.32 Å². The molecule has 1 unspecified atom stereocenters. The van der Waals surface area contributed by atoms with Crippen molar-refractivity contribution in [2.75, 3.05) is 11.9 Å². The molecule has 0 radical (unpaired) electrons. The van der Waals surface area contributed by atoms with E-state index in [4.69, 9.17) is 11.6 Å². The minimum Gasteiger partial charge on any atom is -0.384 e. The molecule has 21 heavy (non-hydrogen) atoms. The van der Waals surface area contributed by atoms with Gasteiger partial charge in [-0.15, -0.1) is 0 Å². The molecule has 0 amide bonds. The first kappa shape index (κ1) is 14.1. The number of anilines is 1. The van der Waals surface area contributed by atoms with E-state index in [1.54, 1.807) is 10.9 Å². The van der Waals surface area contributed by atoms with Crippen LogP contribution in [0.25, 0.3) is 0 Å². The molecule has 0 spiro atoms. The lowest BCUT2D eigenvalue weighted by atomic mass is 9.95. The summed E-state index contributed by atoms with van der Waals surface area (Å²) in [6, 6.07) is 8.15. The number of aromatic nitrogens is 2. The van der Waals surface area contributed by atoms with Crippen LogP contribution in [0.3, 0.4) is 0 Å². The van der Waals surface area contributed by atoms with Gasteiger partial charge in [0.25, 0.3) is 0 Å². The molecule has 0 saturated carbocycles. The second kappa shape index (κ2) is 5.90. The van der Waals surface area contributed by atoms with Crippen LogP contribution in [0.5, 0.6) is 0 Å². The summed E-state index contributed by atoms with van der Waals surface area (Å²) in [6.45, 7) is 3.57. The number of nitrogens with one attached hydrogen (secondary N) is 1. The maximum Gasteiger partial charge on any atom is 0.183 e. The molecular weight excluding hydrogens is 286 g/mol. The number of carbonyl (C=O) groups is 1. The number of carbonyl (C=O) groups excluding carboxylic acids is 1. The van der Waals surface area contributed by atoms with Gasteiger partial charge in [0.2, 0.25) is 0 Å². The van der Waals surface area contributed by atoms with Gasteiger partial charge in [-0.25, -0.2) is 0 Å². The number of ketones is 1. The molecule has 0 saturated heterocycles. The molecule has 110 valence electrons.